The van der Waals surface area contributed by atoms with E-state index in [1.165, 1.54) is 0 Å². The van der Waals surface area contributed by atoms with Crippen LogP contribution in [0.3, 0.4) is 0 Å². The third-order valence-electron chi connectivity index (χ3n) is 2.10. The quantitative estimate of drug-likeness (QED) is 0.684. The van der Waals surface area contributed by atoms with Crippen LogP contribution in [0.25, 0.3) is 0 Å². The number of hydrogen-bond acceptors (Lipinski definition) is 4. The van der Waals surface area contributed by atoms with E-state index in [1.807, 2.05) is 20.8 Å². The van der Waals surface area contributed by atoms with Crippen molar-refractivity contribution in [2.24, 2.45) is 0 Å². The molecule has 78 valence electrons. The summed E-state index contributed by atoms with van der Waals surface area (Å²) >= 11 is 0. The van der Waals surface area contributed by atoms with Gasteiger partial charge >= 0.3 is 0 Å². The highest BCUT2D eigenvalue weighted by atomic mass is 16.5. The first kappa shape index (κ1) is 10.8. The van der Waals surface area contributed by atoms with Crippen LogP contribution >= 0.6 is 0 Å². The van der Waals surface area contributed by atoms with Gasteiger partial charge < -0.3 is 4.74 Å². The van der Waals surface area contributed by atoms with Crippen LogP contribution in [0.5, 0.6) is 0 Å². The van der Waals surface area contributed by atoms with Crippen molar-refractivity contribution in [3.05, 3.63) is 11.4 Å². The fraction of sp³-hybridized carbons (Fsp3) is 0.667. The molecule has 0 bridgehead atoms. The highest BCUT2D eigenvalue weighted by Gasteiger charge is 2.19. The van der Waals surface area contributed by atoms with E-state index in [0.29, 0.717) is 12.0 Å². The monoisotopic (exact) mass is 197 g/mol. The second-order valence-electron chi connectivity index (χ2n) is 3.39. The Morgan fingerprint density at radius 1 is 1.43 bits per heavy atom. The summed E-state index contributed by atoms with van der Waals surface area (Å²) in [5.41, 5.74) is 1.09. The molecule has 0 radical (unpaired) electrons. The first-order valence-electron chi connectivity index (χ1n) is 4.54. The van der Waals surface area contributed by atoms with E-state index in [0.717, 1.165) is 5.69 Å². The smallest absolute Gasteiger partial charge is 0.172 e. The number of rotatable bonds is 4. The third-order valence-corrected chi connectivity index (χ3v) is 2.10. The number of ether oxygens (including phenoxy) is 1. The number of methoxy groups -OCH3 is 1. The second-order valence-corrected chi connectivity index (χ2v) is 3.39. The third kappa shape index (κ3) is 1.82. The van der Waals surface area contributed by atoms with Gasteiger partial charge in [0.1, 0.15) is 0 Å². The lowest BCUT2D eigenvalue weighted by atomic mass is 10.2. The van der Waals surface area contributed by atoms with Gasteiger partial charge in [0.2, 0.25) is 0 Å². The molecule has 1 aromatic heterocycles. The Hall–Kier alpha value is -1.23. The topological polar surface area (TPSA) is 57.0 Å². The Bertz CT molecular complexity index is 320. The van der Waals surface area contributed by atoms with E-state index in [9.17, 15) is 4.79 Å². The van der Waals surface area contributed by atoms with Crippen molar-refractivity contribution in [3.8, 4) is 0 Å². The average molecular weight is 197 g/mol. The summed E-state index contributed by atoms with van der Waals surface area (Å²) in [6, 6.07) is 0.170. The molecule has 0 spiro atoms. The number of carbonyl (C=O) groups is 1. The highest BCUT2D eigenvalue weighted by molar-refractivity contribution is 5.73. The fourth-order valence-electron chi connectivity index (χ4n) is 1.28. The van der Waals surface area contributed by atoms with E-state index >= 15 is 0 Å². The van der Waals surface area contributed by atoms with Gasteiger partial charge in [0.15, 0.2) is 12.0 Å². The van der Waals surface area contributed by atoms with Gasteiger partial charge in [0.25, 0.3) is 0 Å². The molecule has 5 nitrogen and oxygen atoms in total. The summed E-state index contributed by atoms with van der Waals surface area (Å²) in [5, 5.41) is 7.70. The average Bonchev–Trinajstić information content (AvgIpc) is 2.59. The number of aldehydes is 1. The van der Waals surface area contributed by atoms with E-state index < -0.39 is 0 Å². The van der Waals surface area contributed by atoms with Crippen LogP contribution in [-0.4, -0.2) is 28.4 Å². The van der Waals surface area contributed by atoms with E-state index in [-0.39, 0.29) is 12.1 Å². The Morgan fingerprint density at radius 3 is 2.50 bits per heavy atom. The molecule has 0 aliphatic carbocycles. The summed E-state index contributed by atoms with van der Waals surface area (Å²) in [7, 11) is 1.59. The van der Waals surface area contributed by atoms with Crippen molar-refractivity contribution in [2.45, 2.75) is 32.9 Å². The maximum Gasteiger partial charge on any atom is 0.172 e. The standard InChI is InChI=1S/C9H15N3O2/c1-6(2)12-9(7(3)14-4)8(5-13)10-11-12/h5-7H,1-4H3. The van der Waals surface area contributed by atoms with Gasteiger partial charge in [-0.05, 0) is 20.8 Å². The molecule has 1 atom stereocenters. The molecule has 0 saturated heterocycles. The zero-order chi connectivity index (χ0) is 10.7. The van der Waals surface area contributed by atoms with E-state index in [1.54, 1.807) is 11.8 Å². The maximum absolute atomic E-state index is 10.7. The minimum atomic E-state index is -0.174. The molecular formula is C9H15N3O2. The van der Waals surface area contributed by atoms with Gasteiger partial charge in [-0.2, -0.15) is 0 Å². The SMILES string of the molecule is COC(C)c1c(C=O)nnn1C(C)C. The second kappa shape index (κ2) is 4.32. The van der Waals surface area contributed by atoms with Crippen LogP contribution in [-0.2, 0) is 4.74 Å². The normalized spacial score (nSPS) is 13.2. The lowest BCUT2D eigenvalue weighted by Crippen LogP contribution is -2.12. The first-order valence-corrected chi connectivity index (χ1v) is 4.54. The zero-order valence-corrected chi connectivity index (χ0v) is 8.89. The van der Waals surface area contributed by atoms with Gasteiger partial charge in [-0.15, -0.1) is 5.10 Å². The zero-order valence-electron chi connectivity index (χ0n) is 8.89. The van der Waals surface area contributed by atoms with Crippen LogP contribution in [0.2, 0.25) is 0 Å². The summed E-state index contributed by atoms with van der Waals surface area (Å²) in [5.74, 6) is 0. The summed E-state index contributed by atoms with van der Waals surface area (Å²) in [6.07, 6.45) is 0.532. The van der Waals surface area contributed by atoms with Crippen LogP contribution < -0.4 is 0 Å². The maximum atomic E-state index is 10.7. The van der Waals surface area contributed by atoms with Crippen molar-refractivity contribution < 1.29 is 9.53 Å². The van der Waals surface area contributed by atoms with Gasteiger partial charge in [-0.25, -0.2) is 4.68 Å². The Morgan fingerprint density at radius 2 is 2.07 bits per heavy atom. The lowest BCUT2D eigenvalue weighted by Gasteiger charge is -2.14. The molecule has 0 N–H and O–H groups in total. The van der Waals surface area contributed by atoms with Crippen molar-refractivity contribution in [1.82, 2.24) is 15.0 Å². The van der Waals surface area contributed by atoms with Crippen LogP contribution in [0, 0.1) is 0 Å². The Balaban J connectivity index is 3.18. The largest absolute Gasteiger partial charge is 0.375 e. The molecule has 1 heterocycles. The van der Waals surface area contributed by atoms with Gasteiger partial charge in [-0.3, -0.25) is 4.79 Å². The number of carbonyl (C=O) groups excluding carboxylic acids is 1. The predicted molar refractivity (Wildman–Crippen MR) is 51.2 cm³/mol. The molecule has 0 aliphatic heterocycles. The molecule has 1 unspecified atom stereocenters. The van der Waals surface area contributed by atoms with Crippen LogP contribution in [0.1, 0.15) is 49.1 Å². The minimum Gasteiger partial charge on any atom is -0.375 e. The predicted octanol–water partition coefficient (Wildman–Crippen LogP) is 1.38. The minimum absolute atomic E-state index is 0.170. The fourth-order valence-corrected chi connectivity index (χ4v) is 1.28. The molecular weight excluding hydrogens is 182 g/mol. The van der Waals surface area contributed by atoms with Gasteiger partial charge in [0.05, 0.1) is 11.8 Å². The molecule has 1 rings (SSSR count). The summed E-state index contributed by atoms with van der Waals surface area (Å²) in [4.78, 5) is 10.7. The summed E-state index contributed by atoms with van der Waals surface area (Å²) in [6.45, 7) is 5.83. The molecule has 0 fully saturated rings. The molecule has 0 aromatic carbocycles. The van der Waals surface area contributed by atoms with E-state index in [4.69, 9.17) is 4.74 Å². The van der Waals surface area contributed by atoms with Crippen molar-refractivity contribution in [3.63, 3.8) is 0 Å². The Kier molecular flexibility index (Phi) is 3.35. The van der Waals surface area contributed by atoms with Gasteiger partial charge in [0, 0.05) is 13.2 Å². The van der Waals surface area contributed by atoms with Gasteiger partial charge in [-0.1, -0.05) is 5.21 Å². The van der Waals surface area contributed by atoms with Crippen molar-refractivity contribution in [1.29, 1.82) is 0 Å². The number of hydrogen-bond donors (Lipinski definition) is 0. The molecule has 0 saturated carbocycles. The van der Waals surface area contributed by atoms with E-state index in [2.05, 4.69) is 10.3 Å². The first-order chi connectivity index (χ1) is 6.61. The molecule has 14 heavy (non-hydrogen) atoms. The van der Waals surface area contributed by atoms with Crippen LogP contribution in [0.15, 0.2) is 0 Å². The molecule has 5 heteroatoms. The molecule has 0 amide bonds. The van der Waals surface area contributed by atoms with Crippen LogP contribution in [0.4, 0.5) is 0 Å². The number of aromatic nitrogens is 3. The van der Waals surface area contributed by atoms with Crippen molar-refractivity contribution >= 4 is 6.29 Å². The molecule has 0 aliphatic rings. The Labute approximate surface area is 83.1 Å². The number of nitrogens with zero attached hydrogens (tertiary/aromatic N) is 3. The highest BCUT2D eigenvalue weighted by Crippen LogP contribution is 2.20. The summed E-state index contributed by atoms with van der Waals surface area (Å²) < 4.78 is 6.87. The lowest BCUT2D eigenvalue weighted by molar-refractivity contribution is 0.104. The van der Waals surface area contributed by atoms with Crippen molar-refractivity contribution in [2.75, 3.05) is 7.11 Å². The molecule has 1 aromatic rings.